The van der Waals surface area contributed by atoms with E-state index in [4.69, 9.17) is 0 Å². The molecule has 6 rings (SSSR count). The van der Waals surface area contributed by atoms with Crippen LogP contribution in [-0.2, 0) is 11.9 Å². The van der Waals surface area contributed by atoms with E-state index in [1.165, 1.54) is 30.7 Å². The van der Waals surface area contributed by atoms with Crippen LogP contribution >= 0.6 is 61.1 Å². The van der Waals surface area contributed by atoms with Crippen LogP contribution in [-0.4, -0.2) is 20.0 Å². The molecule has 0 aliphatic rings. The van der Waals surface area contributed by atoms with Crippen LogP contribution in [0.5, 0.6) is 0 Å². The molecule has 2 heterocycles. The first-order valence-corrected chi connectivity index (χ1v) is 14.4. The summed E-state index contributed by atoms with van der Waals surface area (Å²) >= 11 is 7.79. The van der Waals surface area contributed by atoms with E-state index in [2.05, 4.69) is 94.6 Å². The third-order valence-electron chi connectivity index (χ3n) is 5.27. The zero-order chi connectivity index (χ0) is 26.2. The SMILES string of the molecule is Fc1cccc(CBr)c1.Fc1cccc(Cn2ncc3cc(I)ccc32)c1.Ic1ccc2[nH]ncc2c1. The molecule has 0 amide bonds. The fourth-order valence-electron chi connectivity index (χ4n) is 3.53. The Hall–Kier alpha value is -2.38. The molecule has 0 aliphatic carbocycles. The van der Waals surface area contributed by atoms with Gasteiger partial charge in [0, 0.05) is 23.2 Å². The van der Waals surface area contributed by atoms with Crippen LogP contribution in [0.1, 0.15) is 11.1 Å². The van der Waals surface area contributed by atoms with Gasteiger partial charge in [-0.15, -0.1) is 0 Å². The second kappa shape index (κ2) is 13.4. The first-order chi connectivity index (χ1) is 17.9. The van der Waals surface area contributed by atoms with E-state index in [1.54, 1.807) is 18.2 Å². The minimum atomic E-state index is -0.210. The Labute approximate surface area is 248 Å². The number of aromatic amines is 1. The Balaban J connectivity index is 0.000000143. The van der Waals surface area contributed by atoms with Crippen LogP contribution in [0.15, 0.2) is 97.3 Å². The summed E-state index contributed by atoms with van der Waals surface area (Å²) in [6, 6.07) is 25.5. The third kappa shape index (κ3) is 8.05. The Morgan fingerprint density at radius 3 is 2.08 bits per heavy atom. The van der Waals surface area contributed by atoms with Gasteiger partial charge in [-0.25, -0.2) is 8.78 Å². The van der Waals surface area contributed by atoms with Crippen LogP contribution in [0.3, 0.4) is 0 Å². The second-order valence-electron chi connectivity index (χ2n) is 8.00. The lowest BCUT2D eigenvalue weighted by atomic mass is 10.2. The van der Waals surface area contributed by atoms with E-state index in [9.17, 15) is 8.78 Å². The first kappa shape index (κ1) is 27.6. The highest BCUT2D eigenvalue weighted by Gasteiger charge is 2.04. The highest BCUT2D eigenvalue weighted by atomic mass is 127. The van der Waals surface area contributed by atoms with Crippen LogP contribution < -0.4 is 0 Å². The number of nitrogens with zero attached hydrogens (tertiary/aromatic N) is 3. The van der Waals surface area contributed by atoms with E-state index in [-0.39, 0.29) is 11.6 Å². The molecule has 6 aromatic rings. The maximum Gasteiger partial charge on any atom is 0.123 e. The van der Waals surface area contributed by atoms with Gasteiger partial charge in [0.2, 0.25) is 0 Å². The number of rotatable bonds is 3. The van der Waals surface area contributed by atoms with Crippen molar-refractivity contribution >= 4 is 82.9 Å². The molecule has 188 valence electrons. The summed E-state index contributed by atoms with van der Waals surface area (Å²) < 4.78 is 29.8. The molecule has 4 nitrogen and oxygen atoms in total. The maximum atomic E-state index is 13.1. The molecule has 2 aromatic heterocycles. The second-order valence-corrected chi connectivity index (χ2v) is 11.1. The lowest BCUT2D eigenvalue weighted by Crippen LogP contribution is -2.01. The standard InChI is InChI=1S/C14H10FIN2.C7H6BrF.C7H5IN2/c15-12-3-1-2-10(6-12)9-18-14-5-4-13(16)7-11(14)8-17-18;8-5-6-2-1-3-7(9)4-6;8-6-1-2-7-5(3-6)4-9-10-7/h1-8H,9H2;1-4H,5H2;1-4H,(H,9,10). The van der Waals surface area contributed by atoms with Crippen LogP contribution in [0.25, 0.3) is 21.8 Å². The van der Waals surface area contributed by atoms with Crippen LogP contribution in [0, 0.1) is 18.8 Å². The Morgan fingerprint density at radius 1 is 0.757 bits per heavy atom. The monoisotopic (exact) mass is 784 g/mol. The predicted octanol–water partition coefficient (Wildman–Crippen LogP) is 8.72. The van der Waals surface area contributed by atoms with E-state index in [1.807, 2.05) is 47.4 Å². The molecule has 0 unspecified atom stereocenters. The van der Waals surface area contributed by atoms with Gasteiger partial charge in [0.25, 0.3) is 0 Å². The van der Waals surface area contributed by atoms with E-state index < -0.39 is 0 Å². The average molecular weight is 785 g/mol. The fourth-order valence-corrected chi connectivity index (χ4v) is 4.91. The van der Waals surface area contributed by atoms with Crippen molar-refractivity contribution in [3.05, 3.63) is 127 Å². The molecule has 0 atom stereocenters. The van der Waals surface area contributed by atoms with E-state index >= 15 is 0 Å². The Kier molecular flexibility index (Phi) is 10.0. The molecule has 0 fully saturated rings. The highest BCUT2D eigenvalue weighted by molar-refractivity contribution is 14.1. The number of hydrogen-bond donors (Lipinski definition) is 1. The lowest BCUT2D eigenvalue weighted by Gasteiger charge is -2.04. The molecule has 0 radical (unpaired) electrons. The highest BCUT2D eigenvalue weighted by Crippen LogP contribution is 2.18. The number of halogens is 5. The summed E-state index contributed by atoms with van der Waals surface area (Å²) in [5, 5.41) is 14.2. The van der Waals surface area contributed by atoms with Gasteiger partial charge in [0.05, 0.1) is 30.0 Å². The number of aromatic nitrogens is 4. The van der Waals surface area contributed by atoms with Crippen LogP contribution in [0.4, 0.5) is 8.78 Å². The molecular weight excluding hydrogens is 764 g/mol. The molecule has 1 N–H and O–H groups in total. The number of hydrogen-bond acceptors (Lipinski definition) is 2. The number of fused-ring (bicyclic) bond motifs is 2. The summed E-state index contributed by atoms with van der Waals surface area (Å²) in [7, 11) is 0. The van der Waals surface area contributed by atoms with Gasteiger partial charge in [0.15, 0.2) is 0 Å². The van der Waals surface area contributed by atoms with Gasteiger partial charge in [-0.3, -0.25) is 9.78 Å². The summed E-state index contributed by atoms with van der Waals surface area (Å²) in [5.74, 6) is -0.384. The molecule has 4 aromatic carbocycles. The zero-order valence-electron chi connectivity index (χ0n) is 19.4. The molecule has 0 saturated heterocycles. The first-order valence-electron chi connectivity index (χ1n) is 11.2. The van der Waals surface area contributed by atoms with Crippen molar-refractivity contribution in [2.75, 3.05) is 0 Å². The smallest absolute Gasteiger partial charge is 0.123 e. The number of benzene rings is 4. The fraction of sp³-hybridized carbons (Fsp3) is 0.0714. The normalized spacial score (nSPS) is 10.5. The van der Waals surface area contributed by atoms with E-state index in [0.717, 1.165) is 27.5 Å². The molecular formula is C28H21BrF2I2N4. The van der Waals surface area contributed by atoms with Crippen molar-refractivity contribution in [3.63, 3.8) is 0 Å². The number of nitrogens with one attached hydrogen (secondary N) is 1. The largest absolute Gasteiger partial charge is 0.278 e. The van der Waals surface area contributed by atoms with Gasteiger partial charge < -0.3 is 0 Å². The summed E-state index contributed by atoms with van der Waals surface area (Å²) in [5.41, 5.74) is 4.05. The van der Waals surface area contributed by atoms with Gasteiger partial charge in [-0.05, 0) is 117 Å². The van der Waals surface area contributed by atoms with Gasteiger partial charge >= 0.3 is 0 Å². The molecule has 0 saturated carbocycles. The Bertz CT molecular complexity index is 1620. The van der Waals surface area contributed by atoms with Crippen LogP contribution in [0.2, 0.25) is 0 Å². The zero-order valence-corrected chi connectivity index (χ0v) is 25.3. The molecule has 0 spiro atoms. The van der Waals surface area contributed by atoms with Crippen molar-refractivity contribution in [1.82, 2.24) is 20.0 Å². The van der Waals surface area contributed by atoms with Crippen molar-refractivity contribution in [2.24, 2.45) is 0 Å². The van der Waals surface area contributed by atoms with Crippen molar-refractivity contribution in [1.29, 1.82) is 0 Å². The maximum absolute atomic E-state index is 13.1. The molecule has 0 aliphatic heterocycles. The number of alkyl halides is 1. The predicted molar refractivity (Wildman–Crippen MR) is 166 cm³/mol. The van der Waals surface area contributed by atoms with E-state index in [0.29, 0.717) is 11.9 Å². The minimum Gasteiger partial charge on any atom is -0.278 e. The lowest BCUT2D eigenvalue weighted by molar-refractivity contribution is 0.621. The Morgan fingerprint density at radius 2 is 1.41 bits per heavy atom. The molecule has 9 heteroatoms. The average Bonchev–Trinajstić information content (AvgIpc) is 3.51. The van der Waals surface area contributed by atoms with Crippen molar-refractivity contribution in [2.45, 2.75) is 11.9 Å². The topological polar surface area (TPSA) is 46.5 Å². The van der Waals surface area contributed by atoms with Gasteiger partial charge in [-0.2, -0.15) is 10.2 Å². The van der Waals surface area contributed by atoms with Gasteiger partial charge in [-0.1, -0.05) is 40.2 Å². The summed E-state index contributed by atoms with van der Waals surface area (Å²) in [4.78, 5) is 0. The van der Waals surface area contributed by atoms with Crippen molar-refractivity contribution in [3.8, 4) is 0 Å². The minimum absolute atomic E-state index is 0.174. The molecule has 0 bridgehead atoms. The third-order valence-corrected chi connectivity index (χ3v) is 7.26. The number of H-pyrrole nitrogens is 1. The summed E-state index contributed by atoms with van der Waals surface area (Å²) in [6.07, 6.45) is 3.67. The summed E-state index contributed by atoms with van der Waals surface area (Å²) in [6.45, 7) is 0.585. The van der Waals surface area contributed by atoms with Gasteiger partial charge in [0.1, 0.15) is 11.6 Å². The molecule has 37 heavy (non-hydrogen) atoms. The quantitative estimate of drug-likeness (QED) is 0.144. The van der Waals surface area contributed by atoms with Crippen molar-refractivity contribution < 1.29 is 8.78 Å².